The Labute approximate surface area is 90.5 Å². The summed E-state index contributed by atoms with van der Waals surface area (Å²) in [4.78, 5) is 5.91. The van der Waals surface area contributed by atoms with Crippen LogP contribution in [0.25, 0.3) is 0 Å². The monoisotopic (exact) mass is 227 g/mol. The van der Waals surface area contributed by atoms with Gasteiger partial charge in [-0.05, 0) is 0 Å². The topological polar surface area (TPSA) is 65.2 Å². The molecule has 0 fully saturated rings. The van der Waals surface area contributed by atoms with E-state index in [0.717, 1.165) is 4.34 Å². The lowest BCUT2D eigenvalue weighted by molar-refractivity contribution is 0.643. The number of aromatic nitrogens is 2. The minimum absolute atomic E-state index is 0.395. The highest BCUT2D eigenvalue weighted by atomic mass is 32.2. The van der Waals surface area contributed by atoms with Gasteiger partial charge < -0.3 is 4.90 Å². The van der Waals surface area contributed by atoms with Gasteiger partial charge in [-0.15, -0.1) is 10.2 Å². The first-order valence-corrected chi connectivity index (χ1v) is 5.56. The van der Waals surface area contributed by atoms with Gasteiger partial charge in [-0.25, -0.2) is 4.99 Å². The number of nitrogens with zero attached hydrogens (tertiary/aromatic N) is 5. The molecule has 0 aliphatic heterocycles. The third-order valence-electron chi connectivity index (χ3n) is 1.06. The van der Waals surface area contributed by atoms with E-state index in [1.807, 2.05) is 25.1 Å². The highest BCUT2D eigenvalue weighted by Gasteiger charge is 2.01. The second-order valence-corrected chi connectivity index (χ2v) is 4.68. The number of hydrogen-bond donors (Lipinski definition) is 0. The predicted molar refractivity (Wildman–Crippen MR) is 58.1 cm³/mol. The summed E-state index contributed by atoms with van der Waals surface area (Å²) in [6.07, 6.45) is 1.67. The normalized spacial score (nSPS) is 10.4. The molecule has 0 saturated carbocycles. The Balaban J connectivity index is 2.55. The predicted octanol–water partition coefficient (Wildman–Crippen LogP) is 1.38. The summed E-state index contributed by atoms with van der Waals surface area (Å²) in [6, 6.07) is 2.03. The molecule has 1 rings (SSSR count). The lowest BCUT2D eigenvalue weighted by Gasteiger charge is -1.99. The molecule has 7 heteroatoms. The molecule has 0 radical (unpaired) electrons. The molecule has 1 aromatic rings. The van der Waals surface area contributed by atoms with E-state index in [4.69, 9.17) is 5.26 Å². The zero-order valence-corrected chi connectivity index (χ0v) is 9.47. The fourth-order valence-corrected chi connectivity index (χ4v) is 1.91. The van der Waals surface area contributed by atoms with Crippen LogP contribution in [0.3, 0.4) is 0 Å². The van der Waals surface area contributed by atoms with Crippen molar-refractivity contribution in [1.82, 2.24) is 15.1 Å². The molecule has 0 aliphatic carbocycles. The number of thioether (sulfide) groups is 1. The van der Waals surface area contributed by atoms with Crippen molar-refractivity contribution in [3.05, 3.63) is 0 Å². The maximum absolute atomic E-state index is 8.36. The Kier molecular flexibility index (Phi) is 4.35. The zero-order chi connectivity index (χ0) is 10.4. The largest absolute Gasteiger partial charge is 0.369 e. The van der Waals surface area contributed by atoms with Crippen LogP contribution in [0, 0.1) is 11.3 Å². The van der Waals surface area contributed by atoms with Gasteiger partial charge in [0, 0.05) is 14.1 Å². The maximum Gasteiger partial charge on any atom is 0.233 e. The lowest BCUT2D eigenvalue weighted by atomic mass is 10.9. The number of hydrogen-bond acceptors (Lipinski definition) is 6. The molecule has 1 aromatic heterocycles. The van der Waals surface area contributed by atoms with Crippen LogP contribution in [0.15, 0.2) is 9.33 Å². The van der Waals surface area contributed by atoms with Crippen molar-refractivity contribution in [2.45, 2.75) is 4.34 Å². The highest BCUT2D eigenvalue weighted by molar-refractivity contribution is 8.01. The summed E-state index contributed by atoms with van der Waals surface area (Å²) in [5.74, 6) is 0.395. The third kappa shape index (κ3) is 3.72. The summed E-state index contributed by atoms with van der Waals surface area (Å²) in [5, 5.41) is 16.7. The van der Waals surface area contributed by atoms with Crippen molar-refractivity contribution in [2.75, 3.05) is 19.8 Å². The van der Waals surface area contributed by atoms with Crippen molar-refractivity contribution in [3.63, 3.8) is 0 Å². The number of rotatable bonds is 4. The molecule has 0 amide bonds. The average molecular weight is 227 g/mol. The zero-order valence-electron chi connectivity index (χ0n) is 7.84. The smallest absolute Gasteiger partial charge is 0.233 e. The molecule has 0 N–H and O–H groups in total. The van der Waals surface area contributed by atoms with Crippen molar-refractivity contribution < 1.29 is 0 Å². The van der Waals surface area contributed by atoms with Gasteiger partial charge in [0.1, 0.15) is 0 Å². The molecule has 0 aliphatic rings. The second kappa shape index (κ2) is 5.57. The van der Waals surface area contributed by atoms with Gasteiger partial charge in [0.25, 0.3) is 0 Å². The van der Waals surface area contributed by atoms with Crippen LogP contribution in [0.4, 0.5) is 5.13 Å². The number of aliphatic imine (C=N–C) groups is 1. The molecule has 0 unspecified atom stereocenters. The molecule has 5 nitrogen and oxygen atoms in total. The molecule has 14 heavy (non-hydrogen) atoms. The van der Waals surface area contributed by atoms with Gasteiger partial charge in [-0.1, -0.05) is 23.1 Å². The van der Waals surface area contributed by atoms with E-state index >= 15 is 0 Å². The van der Waals surface area contributed by atoms with Crippen LogP contribution in [0.5, 0.6) is 0 Å². The molecular weight excluding hydrogens is 218 g/mol. The van der Waals surface area contributed by atoms with Gasteiger partial charge in [0.15, 0.2) is 4.34 Å². The van der Waals surface area contributed by atoms with Gasteiger partial charge in [0.05, 0.1) is 18.2 Å². The summed E-state index contributed by atoms with van der Waals surface area (Å²) < 4.78 is 0.775. The first-order chi connectivity index (χ1) is 6.72. The SMILES string of the molecule is CN(C)/C=N/c1nnc(SCC#N)s1. The minimum Gasteiger partial charge on any atom is -0.369 e. The van der Waals surface area contributed by atoms with Crippen LogP contribution in [-0.4, -0.2) is 41.3 Å². The molecule has 0 atom stereocenters. The summed E-state index contributed by atoms with van der Waals surface area (Å²) in [6.45, 7) is 0. The van der Waals surface area contributed by atoms with Crippen molar-refractivity contribution >= 4 is 34.6 Å². The Bertz CT molecular complexity index is 351. The molecular formula is C7H9N5S2. The Morgan fingerprint density at radius 2 is 2.43 bits per heavy atom. The van der Waals surface area contributed by atoms with Gasteiger partial charge in [-0.2, -0.15) is 5.26 Å². The summed E-state index contributed by atoms with van der Waals surface area (Å²) >= 11 is 2.75. The van der Waals surface area contributed by atoms with Crippen LogP contribution in [0.1, 0.15) is 0 Å². The van der Waals surface area contributed by atoms with E-state index in [-0.39, 0.29) is 0 Å². The summed E-state index contributed by atoms with van der Waals surface area (Å²) in [5.41, 5.74) is 0. The van der Waals surface area contributed by atoms with Gasteiger partial charge >= 0.3 is 0 Å². The highest BCUT2D eigenvalue weighted by Crippen LogP contribution is 2.26. The van der Waals surface area contributed by atoms with E-state index in [1.54, 1.807) is 6.34 Å². The second-order valence-electron chi connectivity index (χ2n) is 2.51. The lowest BCUT2D eigenvalue weighted by Crippen LogP contribution is -2.06. The third-order valence-corrected chi connectivity index (χ3v) is 2.89. The maximum atomic E-state index is 8.36. The molecule has 0 aromatic carbocycles. The van der Waals surface area contributed by atoms with E-state index in [9.17, 15) is 0 Å². The van der Waals surface area contributed by atoms with Gasteiger partial charge in [0.2, 0.25) is 5.13 Å². The van der Waals surface area contributed by atoms with E-state index < -0.39 is 0 Å². The van der Waals surface area contributed by atoms with Crippen LogP contribution < -0.4 is 0 Å². The number of nitriles is 1. The molecule has 74 valence electrons. The summed E-state index contributed by atoms with van der Waals surface area (Å²) in [7, 11) is 3.77. The van der Waals surface area contributed by atoms with E-state index in [2.05, 4.69) is 15.2 Å². The van der Waals surface area contributed by atoms with Crippen LogP contribution in [-0.2, 0) is 0 Å². The molecule has 1 heterocycles. The minimum atomic E-state index is 0.395. The molecule has 0 saturated heterocycles. The Morgan fingerprint density at radius 1 is 1.64 bits per heavy atom. The van der Waals surface area contributed by atoms with Crippen molar-refractivity contribution in [1.29, 1.82) is 5.26 Å². The van der Waals surface area contributed by atoms with E-state index in [0.29, 0.717) is 10.9 Å². The van der Waals surface area contributed by atoms with Crippen molar-refractivity contribution in [2.24, 2.45) is 4.99 Å². The average Bonchev–Trinajstić information content (AvgIpc) is 2.59. The first kappa shape index (κ1) is 10.9. The van der Waals surface area contributed by atoms with Crippen molar-refractivity contribution in [3.8, 4) is 6.07 Å². The fourth-order valence-electron chi connectivity index (χ4n) is 0.572. The fraction of sp³-hybridized carbons (Fsp3) is 0.429. The molecule has 0 spiro atoms. The standard InChI is InChI=1S/C7H9N5S2/c1-12(2)5-9-6-10-11-7(14-6)13-4-3-8/h5H,4H2,1-2H3/b9-5+. The van der Waals surface area contributed by atoms with Crippen LogP contribution >= 0.6 is 23.1 Å². The molecule has 0 bridgehead atoms. The Morgan fingerprint density at radius 3 is 3.07 bits per heavy atom. The van der Waals surface area contributed by atoms with Crippen LogP contribution in [0.2, 0.25) is 0 Å². The van der Waals surface area contributed by atoms with E-state index in [1.165, 1.54) is 23.1 Å². The quantitative estimate of drug-likeness (QED) is 0.441. The van der Waals surface area contributed by atoms with Gasteiger partial charge in [-0.3, -0.25) is 0 Å². The Hall–Kier alpha value is -1.13. The first-order valence-electron chi connectivity index (χ1n) is 3.76.